The number of aliphatic carboxylic acids is 1. The van der Waals surface area contributed by atoms with E-state index in [1.165, 1.54) is 0 Å². The Morgan fingerprint density at radius 2 is 1.14 bits per heavy atom. The Hall–Kier alpha value is -3.73. The molecule has 0 aromatic heterocycles. The molecule has 0 atom stereocenters. The molecule has 0 aliphatic heterocycles. The minimum atomic E-state index is -0.970. The highest BCUT2D eigenvalue weighted by Gasteiger charge is 2.12. The summed E-state index contributed by atoms with van der Waals surface area (Å²) in [5.41, 5.74) is 3.71. The molecule has 1 N–H and O–H groups in total. The van der Waals surface area contributed by atoms with Gasteiger partial charge in [0.05, 0.1) is 14.2 Å². The van der Waals surface area contributed by atoms with E-state index in [0.29, 0.717) is 0 Å². The Kier molecular flexibility index (Phi) is 5.97. The summed E-state index contributed by atoms with van der Waals surface area (Å²) >= 11 is 0. The largest absolute Gasteiger partial charge is 0.497 e. The zero-order valence-electron chi connectivity index (χ0n) is 15.7. The number of ether oxygens (including phenoxy) is 2. The molecule has 3 aromatic carbocycles. The molecule has 3 rings (SSSR count). The molecule has 5 nitrogen and oxygen atoms in total. The summed E-state index contributed by atoms with van der Waals surface area (Å²) < 4.78 is 10.5. The first-order valence-electron chi connectivity index (χ1n) is 8.70. The molecule has 0 fully saturated rings. The van der Waals surface area contributed by atoms with Gasteiger partial charge >= 0.3 is 5.97 Å². The van der Waals surface area contributed by atoms with Crippen molar-refractivity contribution in [1.29, 1.82) is 0 Å². The number of benzene rings is 3. The molecule has 142 valence electrons. The fourth-order valence-electron chi connectivity index (χ4n) is 2.81. The van der Waals surface area contributed by atoms with Crippen molar-refractivity contribution < 1.29 is 19.4 Å². The smallest absolute Gasteiger partial charge is 0.328 e. The molecule has 28 heavy (non-hydrogen) atoms. The van der Waals surface area contributed by atoms with Gasteiger partial charge in [-0.25, -0.2) is 4.79 Å². The number of rotatable bonds is 7. The van der Waals surface area contributed by atoms with Crippen molar-refractivity contribution in [3.63, 3.8) is 0 Å². The lowest BCUT2D eigenvalue weighted by atomic mass is 10.1. The number of hydrogen-bond acceptors (Lipinski definition) is 4. The highest BCUT2D eigenvalue weighted by atomic mass is 16.5. The summed E-state index contributed by atoms with van der Waals surface area (Å²) in [6, 6.07) is 23.3. The molecule has 0 bridgehead atoms. The van der Waals surface area contributed by atoms with Gasteiger partial charge in [-0.2, -0.15) is 0 Å². The van der Waals surface area contributed by atoms with E-state index in [4.69, 9.17) is 14.6 Å². The maximum atomic E-state index is 10.7. The summed E-state index contributed by atoms with van der Waals surface area (Å²) in [6.07, 6.45) is 2.69. The minimum absolute atomic E-state index is 0.785. The Morgan fingerprint density at radius 1 is 0.750 bits per heavy atom. The van der Waals surface area contributed by atoms with Crippen LogP contribution < -0.4 is 14.4 Å². The van der Waals surface area contributed by atoms with Gasteiger partial charge in [0, 0.05) is 23.1 Å². The molecule has 5 heteroatoms. The van der Waals surface area contributed by atoms with Crippen molar-refractivity contribution in [3.8, 4) is 11.5 Å². The van der Waals surface area contributed by atoms with Crippen molar-refractivity contribution in [3.05, 3.63) is 84.4 Å². The minimum Gasteiger partial charge on any atom is -0.497 e. The second-order valence-corrected chi connectivity index (χ2v) is 5.99. The molecular formula is C23H21NO4. The van der Waals surface area contributed by atoms with Crippen LogP contribution in [0.4, 0.5) is 17.1 Å². The number of methoxy groups -OCH3 is 2. The van der Waals surface area contributed by atoms with E-state index >= 15 is 0 Å². The normalized spacial score (nSPS) is 10.6. The van der Waals surface area contributed by atoms with Crippen molar-refractivity contribution in [2.75, 3.05) is 19.1 Å². The zero-order valence-corrected chi connectivity index (χ0v) is 15.7. The number of hydrogen-bond donors (Lipinski definition) is 1. The van der Waals surface area contributed by atoms with Gasteiger partial charge in [-0.15, -0.1) is 0 Å². The Labute approximate surface area is 164 Å². The molecule has 0 saturated carbocycles. The van der Waals surface area contributed by atoms with Crippen molar-refractivity contribution in [2.45, 2.75) is 0 Å². The van der Waals surface area contributed by atoms with E-state index in [1.54, 1.807) is 20.3 Å². The first kappa shape index (κ1) is 19.0. The lowest BCUT2D eigenvalue weighted by molar-refractivity contribution is -0.131. The molecule has 0 unspecified atom stereocenters. The van der Waals surface area contributed by atoms with Crippen LogP contribution in [0, 0.1) is 0 Å². The molecular weight excluding hydrogens is 354 g/mol. The average molecular weight is 375 g/mol. The maximum absolute atomic E-state index is 10.7. The second-order valence-electron chi connectivity index (χ2n) is 5.99. The van der Waals surface area contributed by atoms with Crippen molar-refractivity contribution >= 4 is 29.1 Å². The van der Waals surface area contributed by atoms with Gasteiger partial charge in [0.1, 0.15) is 11.5 Å². The third-order valence-corrected chi connectivity index (χ3v) is 4.23. The quantitative estimate of drug-likeness (QED) is 0.570. The molecule has 0 radical (unpaired) electrons. The van der Waals surface area contributed by atoms with Gasteiger partial charge in [0.2, 0.25) is 0 Å². The number of anilines is 3. The SMILES string of the molecule is COc1ccc(N(c2ccc(/C=C/C(=O)O)cc2)c2ccc(OC)cc2)cc1. The summed E-state index contributed by atoms with van der Waals surface area (Å²) in [5, 5.41) is 8.78. The first-order valence-corrected chi connectivity index (χ1v) is 8.70. The summed E-state index contributed by atoms with van der Waals surface area (Å²) in [7, 11) is 3.28. The highest BCUT2D eigenvalue weighted by molar-refractivity contribution is 5.85. The molecule has 0 heterocycles. The monoisotopic (exact) mass is 375 g/mol. The van der Waals surface area contributed by atoms with Crippen LogP contribution in [-0.2, 0) is 4.79 Å². The summed E-state index contributed by atoms with van der Waals surface area (Å²) in [6.45, 7) is 0. The van der Waals surface area contributed by atoms with Crippen LogP contribution in [-0.4, -0.2) is 25.3 Å². The van der Waals surface area contributed by atoms with E-state index in [9.17, 15) is 4.79 Å². The van der Waals surface area contributed by atoms with E-state index in [0.717, 1.165) is 40.2 Å². The highest BCUT2D eigenvalue weighted by Crippen LogP contribution is 2.36. The molecule has 0 aliphatic carbocycles. The maximum Gasteiger partial charge on any atom is 0.328 e. The second kappa shape index (κ2) is 8.77. The number of carboxylic acids is 1. The van der Waals surface area contributed by atoms with Gasteiger partial charge in [-0.1, -0.05) is 12.1 Å². The van der Waals surface area contributed by atoms with Gasteiger partial charge in [-0.05, 0) is 72.3 Å². The van der Waals surface area contributed by atoms with Crippen molar-refractivity contribution in [2.24, 2.45) is 0 Å². The van der Waals surface area contributed by atoms with Crippen LogP contribution in [0.15, 0.2) is 78.9 Å². The fraction of sp³-hybridized carbons (Fsp3) is 0.0870. The first-order chi connectivity index (χ1) is 13.6. The molecule has 3 aromatic rings. The predicted octanol–water partition coefficient (Wildman–Crippen LogP) is 5.27. The summed E-state index contributed by atoms with van der Waals surface area (Å²) in [4.78, 5) is 12.8. The van der Waals surface area contributed by atoms with Gasteiger partial charge < -0.3 is 19.5 Å². The Balaban J connectivity index is 2.00. The van der Waals surface area contributed by atoms with E-state index in [2.05, 4.69) is 4.90 Å². The topological polar surface area (TPSA) is 59.0 Å². The van der Waals surface area contributed by atoms with Crippen LogP contribution in [0.3, 0.4) is 0 Å². The molecule has 0 saturated heterocycles. The number of nitrogens with zero attached hydrogens (tertiary/aromatic N) is 1. The van der Waals surface area contributed by atoms with E-state index in [1.807, 2.05) is 72.8 Å². The number of carboxylic acid groups (broad SMARTS) is 1. The fourth-order valence-corrected chi connectivity index (χ4v) is 2.81. The number of carbonyl (C=O) groups is 1. The van der Waals surface area contributed by atoms with Gasteiger partial charge in [0.25, 0.3) is 0 Å². The molecule has 0 aliphatic rings. The third-order valence-electron chi connectivity index (χ3n) is 4.23. The van der Waals surface area contributed by atoms with E-state index < -0.39 is 5.97 Å². The van der Waals surface area contributed by atoms with Gasteiger partial charge in [0.15, 0.2) is 0 Å². The van der Waals surface area contributed by atoms with Crippen molar-refractivity contribution in [1.82, 2.24) is 0 Å². The van der Waals surface area contributed by atoms with Crippen LogP contribution >= 0.6 is 0 Å². The van der Waals surface area contributed by atoms with Crippen LogP contribution in [0.1, 0.15) is 5.56 Å². The predicted molar refractivity (Wildman–Crippen MR) is 111 cm³/mol. The lowest BCUT2D eigenvalue weighted by Gasteiger charge is -2.26. The molecule has 0 spiro atoms. The Morgan fingerprint density at radius 3 is 1.50 bits per heavy atom. The van der Waals surface area contributed by atoms with Gasteiger partial charge in [-0.3, -0.25) is 0 Å². The lowest BCUT2D eigenvalue weighted by Crippen LogP contribution is -2.09. The standard InChI is InChI=1S/C23H21NO4/c1-27-21-12-8-19(9-13-21)24(20-10-14-22(28-2)15-11-20)18-6-3-17(4-7-18)5-16-23(25)26/h3-16H,1-2H3,(H,25,26)/b16-5+. The summed E-state index contributed by atoms with van der Waals surface area (Å²) in [5.74, 6) is 0.599. The average Bonchev–Trinajstić information content (AvgIpc) is 2.74. The van der Waals surface area contributed by atoms with Crippen LogP contribution in [0.5, 0.6) is 11.5 Å². The molecule has 0 amide bonds. The van der Waals surface area contributed by atoms with Crippen LogP contribution in [0.25, 0.3) is 6.08 Å². The third kappa shape index (κ3) is 4.51. The zero-order chi connectivity index (χ0) is 19.9. The Bertz CT molecular complexity index is 898. The van der Waals surface area contributed by atoms with E-state index in [-0.39, 0.29) is 0 Å². The van der Waals surface area contributed by atoms with Crippen LogP contribution in [0.2, 0.25) is 0 Å².